The van der Waals surface area contributed by atoms with E-state index in [-0.39, 0.29) is 24.1 Å². The van der Waals surface area contributed by atoms with Gasteiger partial charge in [-0.2, -0.15) is 0 Å². The molecule has 2 aliphatic rings. The van der Waals surface area contributed by atoms with Crippen molar-refractivity contribution in [1.82, 2.24) is 30.7 Å². The summed E-state index contributed by atoms with van der Waals surface area (Å²) in [7, 11) is 3.69. The molecule has 0 bridgehead atoms. The van der Waals surface area contributed by atoms with Crippen LogP contribution in [0, 0.1) is 5.92 Å². The Bertz CT molecular complexity index is 994. The van der Waals surface area contributed by atoms with Crippen molar-refractivity contribution in [3.8, 4) is 0 Å². The van der Waals surface area contributed by atoms with E-state index in [1.165, 1.54) is 16.2 Å². The normalized spacial score (nSPS) is 19.9. The van der Waals surface area contributed by atoms with Gasteiger partial charge in [0.25, 0.3) is 0 Å². The molecule has 2 saturated heterocycles. The second-order valence-electron chi connectivity index (χ2n) is 10.3. The van der Waals surface area contributed by atoms with Crippen molar-refractivity contribution in [1.29, 1.82) is 0 Å². The SMILES string of the molecule is CN=C(N)NCCC[C@H](NC(=O)CN1CCC[C@H](NC(=O)CCC2CCN(C)CC2)C1=O)C(=O)c1nccs1. The quantitative estimate of drug-likeness (QED) is 0.116. The van der Waals surface area contributed by atoms with Crippen LogP contribution in [0.2, 0.25) is 0 Å². The average Bonchev–Trinajstić information content (AvgIpc) is 3.47. The van der Waals surface area contributed by atoms with E-state index in [1.807, 2.05) is 0 Å². The number of aromatic nitrogens is 1. The zero-order valence-electron chi connectivity index (χ0n) is 23.0. The number of guanidine groups is 1. The van der Waals surface area contributed by atoms with Crippen molar-refractivity contribution in [3.63, 3.8) is 0 Å². The maximum Gasteiger partial charge on any atom is 0.245 e. The lowest BCUT2D eigenvalue weighted by molar-refractivity contribution is -0.141. The first kappa shape index (κ1) is 30.5. The van der Waals surface area contributed by atoms with Crippen LogP contribution in [-0.4, -0.2) is 103 Å². The predicted octanol–water partition coefficient (Wildman–Crippen LogP) is 0.354. The Morgan fingerprint density at radius 2 is 1.97 bits per heavy atom. The summed E-state index contributed by atoms with van der Waals surface area (Å²) in [6, 6.07) is -1.40. The summed E-state index contributed by atoms with van der Waals surface area (Å²) in [5.74, 6) is -0.221. The summed E-state index contributed by atoms with van der Waals surface area (Å²) >= 11 is 1.22. The zero-order chi connectivity index (χ0) is 28.2. The molecule has 5 N–H and O–H groups in total. The molecular weight excluding hydrogens is 520 g/mol. The number of likely N-dealkylation sites (tertiary alicyclic amines) is 2. The zero-order valence-corrected chi connectivity index (χ0v) is 23.8. The molecule has 3 rings (SSSR count). The number of aliphatic imine (C=N–C) groups is 1. The lowest BCUT2D eigenvalue weighted by Gasteiger charge is -2.33. The van der Waals surface area contributed by atoms with Crippen LogP contribution in [0.1, 0.15) is 61.2 Å². The van der Waals surface area contributed by atoms with Gasteiger partial charge in [-0.15, -0.1) is 11.3 Å². The van der Waals surface area contributed by atoms with Gasteiger partial charge >= 0.3 is 0 Å². The number of thiazole rings is 1. The molecule has 13 heteroatoms. The molecule has 12 nitrogen and oxygen atoms in total. The number of rotatable bonds is 13. The Morgan fingerprint density at radius 3 is 2.67 bits per heavy atom. The summed E-state index contributed by atoms with van der Waals surface area (Å²) in [5, 5.41) is 10.6. The average molecular weight is 563 g/mol. The van der Waals surface area contributed by atoms with E-state index >= 15 is 0 Å². The van der Waals surface area contributed by atoms with E-state index in [9.17, 15) is 19.2 Å². The highest BCUT2D eigenvalue weighted by atomic mass is 32.1. The highest BCUT2D eigenvalue weighted by Gasteiger charge is 2.32. The Morgan fingerprint density at radius 1 is 1.21 bits per heavy atom. The Balaban J connectivity index is 1.48. The van der Waals surface area contributed by atoms with E-state index in [1.54, 1.807) is 18.6 Å². The Kier molecular flexibility index (Phi) is 12.1. The molecule has 0 unspecified atom stereocenters. The number of carbonyl (C=O) groups excluding carboxylic acids is 4. The second kappa shape index (κ2) is 15.5. The fourth-order valence-corrected chi connectivity index (χ4v) is 5.59. The van der Waals surface area contributed by atoms with Crippen LogP contribution in [0.25, 0.3) is 0 Å². The molecule has 2 fully saturated rings. The standard InChI is InChI=1S/C26H42N8O4S/c1-28-26(27)30-11-3-5-19(23(37)24-29-12-16-39-24)31-22(36)17-34-13-4-6-20(25(34)38)32-21(35)8-7-18-9-14-33(2)15-10-18/h12,16,18-20H,3-11,13-15,17H2,1-2H3,(H,31,36)(H,32,35)(H3,27,28,30)/t19-,20-/m0/s1. The van der Waals surface area contributed by atoms with Crippen molar-refractivity contribution in [2.75, 3.05) is 46.8 Å². The lowest BCUT2D eigenvalue weighted by Crippen LogP contribution is -2.55. The molecule has 0 aromatic carbocycles. The van der Waals surface area contributed by atoms with Crippen molar-refractivity contribution >= 4 is 40.8 Å². The van der Waals surface area contributed by atoms with Crippen LogP contribution in [0.4, 0.5) is 0 Å². The summed E-state index contributed by atoms with van der Waals surface area (Å²) < 4.78 is 0. The summed E-state index contributed by atoms with van der Waals surface area (Å²) in [6.45, 7) is 2.86. The molecular formula is C26H42N8O4S. The van der Waals surface area contributed by atoms with Gasteiger partial charge in [0.05, 0.1) is 12.6 Å². The van der Waals surface area contributed by atoms with Crippen LogP contribution in [-0.2, 0) is 14.4 Å². The third-order valence-electron chi connectivity index (χ3n) is 7.33. The van der Waals surface area contributed by atoms with Crippen LogP contribution in [0.3, 0.4) is 0 Å². The largest absolute Gasteiger partial charge is 0.370 e. The summed E-state index contributed by atoms with van der Waals surface area (Å²) in [6.07, 6.45) is 7.15. The smallest absolute Gasteiger partial charge is 0.245 e. The first-order valence-electron chi connectivity index (χ1n) is 13.7. The number of nitrogens with zero attached hydrogens (tertiary/aromatic N) is 4. The highest BCUT2D eigenvalue weighted by molar-refractivity contribution is 7.11. The number of Topliss-reactive ketones (excluding diaryl/α,β-unsaturated/α-hetero) is 1. The van der Waals surface area contributed by atoms with Crippen LogP contribution < -0.4 is 21.7 Å². The number of carbonyl (C=O) groups is 4. The topological polar surface area (TPSA) is 162 Å². The molecule has 0 spiro atoms. The minimum absolute atomic E-state index is 0.116. The number of amides is 3. The van der Waals surface area contributed by atoms with Crippen molar-refractivity contribution < 1.29 is 19.2 Å². The van der Waals surface area contributed by atoms with Crippen molar-refractivity contribution in [3.05, 3.63) is 16.6 Å². The molecule has 0 aliphatic carbocycles. The Labute approximate surface area is 234 Å². The molecule has 3 heterocycles. The van der Waals surface area contributed by atoms with Gasteiger partial charge in [0.2, 0.25) is 23.5 Å². The number of nitrogens with one attached hydrogen (secondary N) is 3. The van der Waals surface area contributed by atoms with E-state index in [0.717, 1.165) is 32.4 Å². The number of hydrogen-bond donors (Lipinski definition) is 4. The minimum atomic E-state index is -0.778. The van der Waals surface area contributed by atoms with Gasteiger partial charge in [0.15, 0.2) is 11.0 Å². The first-order valence-corrected chi connectivity index (χ1v) is 14.6. The van der Waals surface area contributed by atoms with E-state index in [0.29, 0.717) is 62.1 Å². The van der Waals surface area contributed by atoms with E-state index in [2.05, 4.69) is 37.9 Å². The number of nitrogens with two attached hydrogens (primary N) is 1. The molecule has 1 aromatic rings. The third-order valence-corrected chi connectivity index (χ3v) is 8.12. The fraction of sp³-hybridized carbons (Fsp3) is 0.692. The van der Waals surface area contributed by atoms with E-state index < -0.39 is 18.0 Å². The van der Waals surface area contributed by atoms with Gasteiger partial charge in [0, 0.05) is 38.1 Å². The third kappa shape index (κ3) is 9.88. The maximum atomic E-state index is 13.1. The van der Waals surface area contributed by atoms with Crippen LogP contribution >= 0.6 is 11.3 Å². The number of piperidine rings is 2. The van der Waals surface area contributed by atoms with Crippen LogP contribution in [0.5, 0.6) is 0 Å². The number of ketones is 1. The summed E-state index contributed by atoms with van der Waals surface area (Å²) in [4.78, 5) is 63.2. The lowest BCUT2D eigenvalue weighted by atomic mass is 9.92. The monoisotopic (exact) mass is 562 g/mol. The van der Waals surface area contributed by atoms with Crippen molar-refractivity contribution in [2.24, 2.45) is 16.6 Å². The van der Waals surface area contributed by atoms with Gasteiger partial charge in [-0.3, -0.25) is 24.2 Å². The second-order valence-corrected chi connectivity index (χ2v) is 11.2. The predicted molar refractivity (Wildman–Crippen MR) is 150 cm³/mol. The van der Waals surface area contributed by atoms with Crippen LogP contribution in [0.15, 0.2) is 16.6 Å². The highest BCUT2D eigenvalue weighted by Crippen LogP contribution is 2.21. The van der Waals surface area contributed by atoms with E-state index in [4.69, 9.17) is 5.73 Å². The Hall–Kier alpha value is -3.06. The number of hydrogen-bond acceptors (Lipinski definition) is 8. The molecule has 1 aromatic heterocycles. The van der Waals surface area contributed by atoms with Gasteiger partial charge in [0.1, 0.15) is 6.04 Å². The van der Waals surface area contributed by atoms with Gasteiger partial charge in [-0.1, -0.05) is 0 Å². The first-order chi connectivity index (χ1) is 18.8. The van der Waals surface area contributed by atoms with Crippen molar-refractivity contribution in [2.45, 2.75) is 63.5 Å². The minimum Gasteiger partial charge on any atom is -0.370 e. The molecule has 3 amide bonds. The molecule has 216 valence electrons. The maximum absolute atomic E-state index is 13.1. The molecule has 2 aliphatic heterocycles. The fourth-order valence-electron chi connectivity index (χ4n) is 4.96. The molecule has 2 atom stereocenters. The molecule has 0 radical (unpaired) electrons. The summed E-state index contributed by atoms with van der Waals surface area (Å²) in [5.41, 5.74) is 5.65. The van der Waals surface area contributed by atoms with Gasteiger partial charge in [-0.05, 0) is 71.0 Å². The molecule has 0 saturated carbocycles. The van der Waals surface area contributed by atoms with Gasteiger partial charge < -0.3 is 31.5 Å². The molecule has 39 heavy (non-hydrogen) atoms. The van der Waals surface area contributed by atoms with Gasteiger partial charge in [-0.25, -0.2) is 4.98 Å².